The number of hydrogen-bond donors (Lipinski definition) is 0. The molecule has 1 saturated heterocycles. The fourth-order valence-electron chi connectivity index (χ4n) is 4.24. The lowest BCUT2D eigenvalue weighted by Gasteiger charge is -2.19. The molecular formula is C33H26F2O4. The maximum absolute atomic E-state index is 14.7. The summed E-state index contributed by atoms with van der Waals surface area (Å²) in [5, 5.41) is 0. The first-order chi connectivity index (χ1) is 19.1. The SMILES string of the molecule is O=C1C(=Cc2cccc(F)c2OCc2ccccc2)COCC1=Cc1cccc(F)c1OCc1ccccc1. The van der Waals surface area contributed by atoms with E-state index in [0.29, 0.717) is 22.3 Å². The monoisotopic (exact) mass is 524 g/mol. The molecule has 4 aromatic carbocycles. The van der Waals surface area contributed by atoms with Crippen LogP contribution in [0.3, 0.4) is 0 Å². The molecule has 39 heavy (non-hydrogen) atoms. The first-order valence-electron chi connectivity index (χ1n) is 12.5. The predicted molar refractivity (Wildman–Crippen MR) is 146 cm³/mol. The van der Waals surface area contributed by atoms with E-state index in [-0.39, 0.29) is 43.7 Å². The first-order valence-corrected chi connectivity index (χ1v) is 12.5. The lowest BCUT2D eigenvalue weighted by atomic mass is 9.97. The van der Waals surface area contributed by atoms with Crippen LogP contribution >= 0.6 is 0 Å². The molecule has 1 fully saturated rings. The highest BCUT2D eigenvalue weighted by atomic mass is 19.1. The Kier molecular flexibility index (Phi) is 8.24. The second-order valence-corrected chi connectivity index (χ2v) is 9.03. The molecule has 0 atom stereocenters. The number of ether oxygens (including phenoxy) is 3. The number of benzene rings is 4. The zero-order chi connectivity index (χ0) is 27.0. The predicted octanol–water partition coefficient (Wildman–Crippen LogP) is 7.19. The number of para-hydroxylation sites is 2. The van der Waals surface area contributed by atoms with E-state index in [9.17, 15) is 13.6 Å². The number of carbonyl (C=O) groups excluding carboxylic acids is 1. The number of ketones is 1. The van der Waals surface area contributed by atoms with Gasteiger partial charge >= 0.3 is 0 Å². The Hall–Kier alpha value is -4.55. The van der Waals surface area contributed by atoms with Crippen molar-refractivity contribution in [1.82, 2.24) is 0 Å². The Labute approximate surface area is 225 Å². The van der Waals surface area contributed by atoms with Gasteiger partial charge in [-0.3, -0.25) is 4.79 Å². The van der Waals surface area contributed by atoms with Crippen molar-refractivity contribution in [3.63, 3.8) is 0 Å². The van der Waals surface area contributed by atoms with Gasteiger partial charge in [-0.15, -0.1) is 0 Å². The molecule has 0 bridgehead atoms. The van der Waals surface area contributed by atoms with Gasteiger partial charge in [0.05, 0.1) is 13.2 Å². The summed E-state index contributed by atoms with van der Waals surface area (Å²) in [6.07, 6.45) is 3.16. The van der Waals surface area contributed by atoms with Crippen molar-refractivity contribution in [2.24, 2.45) is 0 Å². The van der Waals surface area contributed by atoms with Gasteiger partial charge in [0.15, 0.2) is 28.9 Å². The van der Waals surface area contributed by atoms with Crippen LogP contribution in [0.4, 0.5) is 8.78 Å². The molecule has 0 unspecified atom stereocenters. The molecule has 0 amide bonds. The highest BCUT2D eigenvalue weighted by molar-refractivity contribution is 6.14. The van der Waals surface area contributed by atoms with Gasteiger partial charge in [0.25, 0.3) is 0 Å². The molecule has 0 spiro atoms. The Morgan fingerprint density at radius 2 is 1.05 bits per heavy atom. The van der Waals surface area contributed by atoms with E-state index >= 15 is 0 Å². The van der Waals surface area contributed by atoms with E-state index in [2.05, 4.69) is 0 Å². The second kappa shape index (κ2) is 12.3. The van der Waals surface area contributed by atoms with Crippen LogP contribution in [-0.4, -0.2) is 19.0 Å². The summed E-state index contributed by atoms with van der Waals surface area (Å²) < 4.78 is 46.7. The van der Waals surface area contributed by atoms with Gasteiger partial charge in [-0.05, 0) is 35.4 Å². The van der Waals surface area contributed by atoms with E-state index in [0.717, 1.165) is 11.1 Å². The van der Waals surface area contributed by atoms with E-state index in [1.165, 1.54) is 12.1 Å². The van der Waals surface area contributed by atoms with Gasteiger partial charge in [-0.2, -0.15) is 0 Å². The number of rotatable bonds is 8. The number of Topliss-reactive ketones (excluding diaryl/α,β-unsaturated/α-hetero) is 1. The minimum absolute atomic E-state index is 0.0551. The summed E-state index contributed by atoms with van der Waals surface area (Å²) in [5.74, 6) is -1.21. The molecule has 6 heteroatoms. The summed E-state index contributed by atoms with van der Waals surface area (Å²) in [4.78, 5) is 13.4. The lowest BCUT2D eigenvalue weighted by molar-refractivity contribution is -0.114. The molecule has 1 heterocycles. The maximum Gasteiger partial charge on any atom is 0.189 e. The molecule has 4 aromatic rings. The van der Waals surface area contributed by atoms with E-state index in [1.54, 1.807) is 36.4 Å². The van der Waals surface area contributed by atoms with E-state index in [4.69, 9.17) is 14.2 Å². The topological polar surface area (TPSA) is 44.8 Å². The zero-order valence-corrected chi connectivity index (χ0v) is 21.1. The summed E-state index contributed by atoms with van der Waals surface area (Å²) in [5.41, 5.74) is 3.31. The van der Waals surface area contributed by atoms with Crippen LogP contribution in [0, 0.1) is 11.6 Å². The van der Waals surface area contributed by atoms with Gasteiger partial charge in [0, 0.05) is 22.3 Å². The lowest BCUT2D eigenvalue weighted by Crippen LogP contribution is -2.22. The molecular weight excluding hydrogens is 498 g/mol. The van der Waals surface area contributed by atoms with Crippen molar-refractivity contribution < 1.29 is 27.8 Å². The van der Waals surface area contributed by atoms with Crippen molar-refractivity contribution >= 4 is 17.9 Å². The number of carbonyl (C=O) groups is 1. The molecule has 0 radical (unpaired) electrons. The fraction of sp³-hybridized carbons (Fsp3) is 0.121. The van der Waals surface area contributed by atoms with E-state index < -0.39 is 11.6 Å². The fourth-order valence-corrected chi connectivity index (χ4v) is 4.24. The third-order valence-electron chi connectivity index (χ3n) is 6.20. The summed E-state index contributed by atoms with van der Waals surface area (Å²) in [6.45, 7) is 0.481. The molecule has 0 saturated carbocycles. The Balaban J connectivity index is 1.39. The zero-order valence-electron chi connectivity index (χ0n) is 21.1. The van der Waals surface area contributed by atoms with Crippen LogP contribution in [0.25, 0.3) is 12.2 Å². The molecule has 1 aliphatic rings. The molecule has 0 aliphatic carbocycles. The normalized spacial score (nSPS) is 15.5. The summed E-state index contributed by atoms with van der Waals surface area (Å²) in [7, 11) is 0. The van der Waals surface area contributed by atoms with Crippen molar-refractivity contribution in [2.75, 3.05) is 13.2 Å². The highest BCUT2D eigenvalue weighted by Gasteiger charge is 2.23. The van der Waals surface area contributed by atoms with Gasteiger partial charge in [0.1, 0.15) is 13.2 Å². The van der Waals surface area contributed by atoms with Gasteiger partial charge in [-0.1, -0.05) is 84.9 Å². The van der Waals surface area contributed by atoms with Gasteiger partial charge in [-0.25, -0.2) is 8.78 Å². The van der Waals surface area contributed by atoms with Crippen molar-refractivity contribution in [2.45, 2.75) is 13.2 Å². The average molecular weight is 525 g/mol. The smallest absolute Gasteiger partial charge is 0.189 e. The molecule has 1 aliphatic heterocycles. The summed E-state index contributed by atoms with van der Waals surface area (Å²) in [6, 6.07) is 28.0. The third kappa shape index (κ3) is 6.48. The molecule has 4 nitrogen and oxygen atoms in total. The van der Waals surface area contributed by atoms with Crippen LogP contribution < -0.4 is 9.47 Å². The minimum atomic E-state index is -0.528. The second-order valence-electron chi connectivity index (χ2n) is 9.03. The third-order valence-corrected chi connectivity index (χ3v) is 6.20. The van der Waals surface area contributed by atoms with Crippen LogP contribution in [0.1, 0.15) is 22.3 Å². The minimum Gasteiger partial charge on any atom is -0.485 e. The maximum atomic E-state index is 14.7. The molecule has 0 aromatic heterocycles. The van der Waals surface area contributed by atoms with E-state index in [1.807, 2.05) is 60.7 Å². The van der Waals surface area contributed by atoms with Crippen LogP contribution in [0.5, 0.6) is 11.5 Å². The standard InChI is InChI=1S/C33H26F2O4/c34-29-15-7-13-25(32(29)38-19-23-9-3-1-4-10-23)17-27-21-37-22-28(31(27)36)18-26-14-8-16-30(35)33(26)39-20-24-11-5-2-6-12-24/h1-18H,19-22H2. The molecule has 196 valence electrons. The Bertz CT molecular complexity index is 1400. The Morgan fingerprint density at radius 1 is 0.615 bits per heavy atom. The number of hydrogen-bond acceptors (Lipinski definition) is 4. The van der Waals surface area contributed by atoms with Crippen LogP contribution in [0.2, 0.25) is 0 Å². The van der Waals surface area contributed by atoms with Crippen LogP contribution in [-0.2, 0) is 22.7 Å². The quantitative estimate of drug-likeness (QED) is 0.229. The first kappa shape index (κ1) is 26.1. The highest BCUT2D eigenvalue weighted by Crippen LogP contribution is 2.30. The summed E-state index contributed by atoms with van der Waals surface area (Å²) >= 11 is 0. The largest absolute Gasteiger partial charge is 0.485 e. The van der Waals surface area contributed by atoms with Crippen molar-refractivity contribution in [3.8, 4) is 11.5 Å². The van der Waals surface area contributed by atoms with Gasteiger partial charge < -0.3 is 14.2 Å². The molecule has 0 N–H and O–H groups in total. The van der Waals surface area contributed by atoms with Gasteiger partial charge in [0.2, 0.25) is 0 Å². The Morgan fingerprint density at radius 3 is 1.49 bits per heavy atom. The van der Waals surface area contributed by atoms with Crippen molar-refractivity contribution in [1.29, 1.82) is 0 Å². The van der Waals surface area contributed by atoms with Crippen LogP contribution in [0.15, 0.2) is 108 Å². The van der Waals surface area contributed by atoms with Crippen molar-refractivity contribution in [3.05, 3.63) is 142 Å². The molecule has 5 rings (SSSR count). The average Bonchev–Trinajstić information content (AvgIpc) is 2.95. The number of halogens is 2.